The average Bonchev–Trinajstić information content (AvgIpc) is 2.75. The molecule has 33 heavy (non-hydrogen) atoms. The van der Waals surface area contributed by atoms with E-state index in [4.69, 9.17) is 28.6 Å². The Morgan fingerprint density at radius 1 is 1.18 bits per heavy atom. The summed E-state index contributed by atoms with van der Waals surface area (Å²) in [6.07, 6.45) is 0. The lowest BCUT2D eigenvalue weighted by Crippen LogP contribution is -2.72. The first-order valence-corrected chi connectivity index (χ1v) is 12.1. The number of carbonyl (C=O) groups is 1. The smallest absolute Gasteiger partial charge is 0.236 e. The molecule has 5 nitrogen and oxygen atoms in total. The highest BCUT2D eigenvalue weighted by Gasteiger charge is 2.59. The Labute approximate surface area is 211 Å². The number of fused-ring (bicyclic) bond motifs is 4. The van der Waals surface area contributed by atoms with Gasteiger partial charge in [0.05, 0.1) is 6.04 Å². The minimum atomic E-state index is -1.06. The molecule has 8 heteroatoms. The van der Waals surface area contributed by atoms with Crippen LogP contribution in [0.4, 0.5) is 11.4 Å². The van der Waals surface area contributed by atoms with Crippen LogP contribution in [0.3, 0.4) is 0 Å². The van der Waals surface area contributed by atoms with Crippen LogP contribution in [0.5, 0.6) is 5.75 Å². The van der Waals surface area contributed by atoms with Gasteiger partial charge in [-0.25, -0.2) is 0 Å². The van der Waals surface area contributed by atoms with Gasteiger partial charge < -0.3 is 15.4 Å². The van der Waals surface area contributed by atoms with Gasteiger partial charge >= 0.3 is 0 Å². The van der Waals surface area contributed by atoms with Crippen molar-refractivity contribution in [3.8, 4) is 5.75 Å². The van der Waals surface area contributed by atoms with Crippen LogP contribution >= 0.6 is 39.7 Å². The summed E-state index contributed by atoms with van der Waals surface area (Å²) in [6.45, 7) is 3.95. The van der Waals surface area contributed by atoms with Crippen LogP contribution in [0.2, 0.25) is 5.02 Å². The molecule has 2 N–H and O–H groups in total. The highest BCUT2D eigenvalue weighted by molar-refractivity contribution is 9.10. The summed E-state index contributed by atoms with van der Waals surface area (Å²) in [4.78, 5) is 15.7. The minimum absolute atomic E-state index is 0.178. The number of aryl methyl sites for hydroxylation is 1. The summed E-state index contributed by atoms with van der Waals surface area (Å²) < 4.78 is 7.51. The van der Waals surface area contributed by atoms with E-state index in [1.54, 1.807) is 24.3 Å². The van der Waals surface area contributed by atoms with Gasteiger partial charge in [-0.3, -0.25) is 9.69 Å². The number of thiocarbonyl (C=S) groups is 1. The van der Waals surface area contributed by atoms with Crippen molar-refractivity contribution in [2.24, 2.45) is 5.92 Å². The Balaban J connectivity index is 1.63. The molecule has 1 saturated heterocycles. The predicted octanol–water partition coefficient (Wildman–Crippen LogP) is 6.21. The number of rotatable bonds is 3. The van der Waals surface area contributed by atoms with Crippen molar-refractivity contribution >= 4 is 62.1 Å². The van der Waals surface area contributed by atoms with Crippen LogP contribution in [0.25, 0.3) is 0 Å². The third-order valence-corrected chi connectivity index (χ3v) is 7.16. The second kappa shape index (κ2) is 8.31. The van der Waals surface area contributed by atoms with Gasteiger partial charge in [0.2, 0.25) is 5.91 Å². The lowest BCUT2D eigenvalue weighted by atomic mass is 9.78. The van der Waals surface area contributed by atoms with Gasteiger partial charge in [-0.05, 0) is 86.2 Å². The van der Waals surface area contributed by atoms with Crippen LogP contribution in [-0.4, -0.2) is 16.7 Å². The van der Waals surface area contributed by atoms with Crippen molar-refractivity contribution in [2.75, 3.05) is 10.2 Å². The van der Waals surface area contributed by atoms with Crippen LogP contribution in [0.1, 0.15) is 24.1 Å². The Bertz CT molecular complexity index is 1270. The summed E-state index contributed by atoms with van der Waals surface area (Å²) in [5, 5.41) is 7.58. The van der Waals surface area contributed by atoms with Gasteiger partial charge in [-0.2, -0.15) is 0 Å². The SMILES string of the molecule is Cc1cccc(N2C(=S)N[C@@H]3c4cc(Br)ccc4O[C@]2(C)[C@@H]3C(=O)Nc2ccc(Cl)cc2)c1. The van der Waals surface area contributed by atoms with Gasteiger partial charge in [-0.1, -0.05) is 39.7 Å². The minimum Gasteiger partial charge on any atom is -0.467 e. The van der Waals surface area contributed by atoms with E-state index in [-0.39, 0.29) is 11.9 Å². The van der Waals surface area contributed by atoms with Gasteiger partial charge in [0.1, 0.15) is 11.7 Å². The highest BCUT2D eigenvalue weighted by atomic mass is 79.9. The van der Waals surface area contributed by atoms with Crippen LogP contribution in [-0.2, 0) is 4.79 Å². The monoisotopic (exact) mass is 541 g/mol. The lowest BCUT2D eigenvalue weighted by molar-refractivity contribution is -0.130. The molecule has 5 rings (SSSR count). The maximum absolute atomic E-state index is 13.8. The van der Waals surface area contributed by atoms with E-state index in [0.29, 0.717) is 21.6 Å². The number of benzene rings is 3. The standard InChI is InChI=1S/C25H21BrClN3O2S/c1-14-4-3-5-18(12-14)30-24(33)29-22-19-13-15(26)6-11-20(19)32-25(30,2)21(22)23(31)28-17-9-7-16(27)8-10-17/h3-13,21-22H,1-2H3,(H,28,31)(H,29,33)/t21-,22+,25+/m0/s1. The molecule has 3 aromatic carbocycles. The van der Waals surface area contributed by atoms with Crippen molar-refractivity contribution in [3.63, 3.8) is 0 Å². The summed E-state index contributed by atoms with van der Waals surface area (Å²) in [5.74, 6) is -0.0702. The number of hydrogen-bond acceptors (Lipinski definition) is 3. The average molecular weight is 543 g/mol. The Hall–Kier alpha value is -2.61. The van der Waals surface area contributed by atoms with Crippen molar-refractivity contribution in [1.82, 2.24) is 5.32 Å². The van der Waals surface area contributed by atoms with Crippen molar-refractivity contribution in [3.05, 3.63) is 87.4 Å². The molecule has 1 amide bonds. The second-order valence-electron chi connectivity index (χ2n) is 8.41. The summed E-state index contributed by atoms with van der Waals surface area (Å²) in [7, 11) is 0. The number of ether oxygens (including phenoxy) is 1. The molecular formula is C25H21BrClN3O2S. The molecule has 3 aromatic rings. The van der Waals surface area contributed by atoms with Crippen molar-refractivity contribution in [2.45, 2.75) is 25.6 Å². The first kappa shape index (κ1) is 22.2. The number of nitrogens with one attached hydrogen (secondary N) is 2. The first-order chi connectivity index (χ1) is 15.8. The van der Waals surface area contributed by atoms with Crippen molar-refractivity contribution < 1.29 is 9.53 Å². The molecule has 0 radical (unpaired) electrons. The fourth-order valence-corrected chi connectivity index (χ4v) is 5.58. The topological polar surface area (TPSA) is 53.6 Å². The molecule has 3 atom stereocenters. The van der Waals surface area contributed by atoms with E-state index in [1.165, 1.54) is 0 Å². The van der Waals surface area contributed by atoms with Crippen LogP contribution in [0, 0.1) is 12.8 Å². The molecular weight excluding hydrogens is 522 g/mol. The highest BCUT2D eigenvalue weighted by Crippen LogP contribution is 2.50. The van der Waals surface area contributed by atoms with Gasteiger partial charge in [0.25, 0.3) is 0 Å². The maximum Gasteiger partial charge on any atom is 0.236 e. The third kappa shape index (κ3) is 3.88. The lowest BCUT2D eigenvalue weighted by Gasteiger charge is -2.56. The number of nitrogens with zero attached hydrogens (tertiary/aromatic N) is 1. The Morgan fingerprint density at radius 2 is 1.94 bits per heavy atom. The first-order valence-electron chi connectivity index (χ1n) is 10.5. The number of carbonyl (C=O) groups excluding carboxylic acids is 1. The molecule has 168 valence electrons. The van der Waals surface area contributed by atoms with Gasteiger partial charge in [-0.15, -0.1) is 0 Å². The summed E-state index contributed by atoms with van der Waals surface area (Å²) in [5.41, 5.74) is 2.43. The number of hydrogen-bond donors (Lipinski definition) is 2. The quantitative estimate of drug-likeness (QED) is 0.386. The van der Waals surface area contributed by atoms with E-state index in [2.05, 4.69) is 26.6 Å². The number of anilines is 2. The Morgan fingerprint density at radius 3 is 2.67 bits per heavy atom. The Kier molecular flexibility index (Phi) is 5.59. The molecule has 2 bridgehead atoms. The fraction of sp³-hybridized carbons (Fsp3) is 0.200. The molecule has 0 saturated carbocycles. The van der Waals surface area contributed by atoms with Crippen LogP contribution in [0.15, 0.2) is 71.2 Å². The maximum atomic E-state index is 13.8. The largest absolute Gasteiger partial charge is 0.467 e. The number of amides is 1. The molecule has 0 aromatic heterocycles. The zero-order chi connectivity index (χ0) is 23.3. The molecule has 2 aliphatic rings. The summed E-state index contributed by atoms with van der Waals surface area (Å²) >= 11 is 15.4. The van der Waals surface area contributed by atoms with Gasteiger partial charge in [0, 0.05) is 26.4 Å². The molecule has 0 spiro atoms. The van der Waals surface area contributed by atoms with E-state index < -0.39 is 11.6 Å². The van der Waals surface area contributed by atoms with Crippen LogP contribution < -0.4 is 20.3 Å². The molecule has 2 aliphatic heterocycles. The van der Waals surface area contributed by atoms with Crippen molar-refractivity contribution in [1.29, 1.82) is 0 Å². The third-order valence-electron chi connectivity index (χ3n) is 6.11. The molecule has 0 unspecified atom stereocenters. The van der Waals surface area contributed by atoms with E-state index >= 15 is 0 Å². The molecule has 1 fully saturated rings. The fourth-order valence-electron chi connectivity index (χ4n) is 4.66. The zero-order valence-corrected chi connectivity index (χ0v) is 21.1. The normalized spacial score (nSPS) is 23.3. The van der Waals surface area contributed by atoms with E-state index in [0.717, 1.165) is 21.3 Å². The summed E-state index contributed by atoms with van der Waals surface area (Å²) in [6, 6.07) is 20.5. The molecule has 0 aliphatic carbocycles. The zero-order valence-electron chi connectivity index (χ0n) is 17.9. The predicted molar refractivity (Wildman–Crippen MR) is 139 cm³/mol. The number of halogens is 2. The molecule has 2 heterocycles. The van der Waals surface area contributed by atoms with E-state index in [9.17, 15) is 4.79 Å². The second-order valence-corrected chi connectivity index (χ2v) is 10.2. The van der Waals surface area contributed by atoms with Gasteiger partial charge in [0.15, 0.2) is 10.8 Å². The van der Waals surface area contributed by atoms with E-state index in [1.807, 2.05) is 61.2 Å².